The van der Waals surface area contributed by atoms with E-state index in [4.69, 9.17) is 0 Å². The summed E-state index contributed by atoms with van der Waals surface area (Å²) in [7, 11) is 0. The molecule has 0 aromatic heterocycles. The lowest BCUT2D eigenvalue weighted by molar-refractivity contribution is -0.123. The van der Waals surface area contributed by atoms with Crippen LogP contribution in [-0.4, -0.2) is 34.9 Å². The summed E-state index contributed by atoms with van der Waals surface area (Å²) in [5, 5.41) is 22.5. The molecule has 4 nitrogen and oxygen atoms in total. The fraction of sp³-hybridized carbons (Fsp3) is 0.930. The quantitative estimate of drug-likeness (QED) is 0.0453. The van der Waals surface area contributed by atoms with Crippen molar-refractivity contribution < 1.29 is 15.0 Å². The Bertz CT molecular complexity index is 637. The number of carbonyl (C=O) groups excluding carboxylic acids is 1. The molecule has 0 fully saturated rings. The molecule has 0 aliphatic carbocycles. The molecule has 3 N–H and O–H groups in total. The average Bonchev–Trinajstić information content (AvgIpc) is 3.08. The van der Waals surface area contributed by atoms with Gasteiger partial charge in [0.05, 0.1) is 18.8 Å². The van der Waals surface area contributed by atoms with Crippen molar-refractivity contribution >= 4 is 5.91 Å². The van der Waals surface area contributed by atoms with Crippen molar-refractivity contribution in [2.75, 3.05) is 6.61 Å². The summed E-state index contributed by atoms with van der Waals surface area (Å²) in [6, 6.07) is -0.612. The van der Waals surface area contributed by atoms with Gasteiger partial charge in [-0.15, -0.1) is 0 Å². The Balaban J connectivity index is 3.26. The maximum atomic E-state index is 11.8. The lowest BCUT2D eigenvalue weighted by Gasteiger charge is -2.19. The van der Waals surface area contributed by atoms with Crippen molar-refractivity contribution in [2.24, 2.45) is 0 Å². The van der Waals surface area contributed by atoms with Crippen molar-refractivity contribution in [1.82, 2.24) is 5.32 Å². The third-order valence-electron chi connectivity index (χ3n) is 10.0. The molecule has 0 saturated heterocycles. The Morgan fingerprint density at radius 2 is 0.787 bits per heavy atom. The maximum absolute atomic E-state index is 11.8. The van der Waals surface area contributed by atoms with E-state index in [1.165, 1.54) is 193 Å². The minimum atomic E-state index is -0.830. The van der Waals surface area contributed by atoms with Crippen molar-refractivity contribution in [1.29, 1.82) is 0 Å². The molecule has 2 unspecified atom stereocenters. The number of hydrogen-bond donors (Lipinski definition) is 3. The highest BCUT2D eigenvalue weighted by Crippen LogP contribution is 2.17. The monoisotopic (exact) mass is 664 g/mol. The Hall–Kier alpha value is -0.870. The smallest absolute Gasteiger partial charge is 0.220 e. The summed E-state index contributed by atoms with van der Waals surface area (Å²) in [5.74, 6) is -0.0977. The molecule has 0 heterocycles. The molecule has 0 rings (SSSR count). The molecule has 0 aromatic rings. The molecule has 280 valence electrons. The molecule has 0 saturated carbocycles. The van der Waals surface area contributed by atoms with Gasteiger partial charge in [0, 0.05) is 6.42 Å². The van der Waals surface area contributed by atoms with Crippen LogP contribution >= 0.6 is 0 Å². The molecule has 0 aromatic carbocycles. The number of amides is 1. The van der Waals surface area contributed by atoms with Crippen molar-refractivity contribution in [3.8, 4) is 0 Å². The summed E-state index contributed by atoms with van der Waals surface area (Å²) < 4.78 is 0. The van der Waals surface area contributed by atoms with Gasteiger partial charge in [0.2, 0.25) is 5.91 Å². The van der Waals surface area contributed by atoms with E-state index in [-0.39, 0.29) is 12.5 Å². The molecule has 4 heteroatoms. The second kappa shape index (κ2) is 39.6. The normalized spacial score (nSPS) is 13.0. The van der Waals surface area contributed by atoms with Gasteiger partial charge in [-0.05, 0) is 19.3 Å². The molecule has 0 aliphatic rings. The summed E-state index contributed by atoms with van der Waals surface area (Å²) in [4.78, 5) is 11.8. The summed E-state index contributed by atoms with van der Waals surface area (Å²) in [5.41, 5.74) is 0. The van der Waals surface area contributed by atoms with Crippen LogP contribution < -0.4 is 5.32 Å². The van der Waals surface area contributed by atoms with Crippen molar-refractivity contribution in [2.45, 2.75) is 251 Å². The van der Waals surface area contributed by atoms with E-state index in [1.54, 1.807) is 6.08 Å². The minimum absolute atomic E-state index is 0.0977. The van der Waals surface area contributed by atoms with Crippen LogP contribution in [0.5, 0.6) is 0 Å². The van der Waals surface area contributed by atoms with Gasteiger partial charge in [0.25, 0.3) is 0 Å². The van der Waals surface area contributed by atoms with Crippen LogP contribution in [-0.2, 0) is 4.79 Å². The van der Waals surface area contributed by atoms with Gasteiger partial charge < -0.3 is 15.5 Å². The molecule has 0 aliphatic heterocycles. The second-order valence-corrected chi connectivity index (χ2v) is 14.8. The first-order valence-corrected chi connectivity index (χ1v) is 21.4. The highest BCUT2D eigenvalue weighted by Gasteiger charge is 2.17. The third-order valence-corrected chi connectivity index (χ3v) is 10.0. The molecular weight excluding hydrogens is 578 g/mol. The first-order valence-electron chi connectivity index (χ1n) is 21.4. The molecule has 1 amide bonds. The van der Waals surface area contributed by atoms with Gasteiger partial charge in [-0.2, -0.15) is 0 Å². The van der Waals surface area contributed by atoms with E-state index >= 15 is 0 Å². The highest BCUT2D eigenvalue weighted by molar-refractivity contribution is 5.76. The number of hydrogen-bond acceptors (Lipinski definition) is 3. The van der Waals surface area contributed by atoms with E-state index < -0.39 is 12.1 Å². The zero-order valence-electron chi connectivity index (χ0n) is 32.1. The van der Waals surface area contributed by atoms with Crippen LogP contribution in [0.2, 0.25) is 0 Å². The molecule has 0 bridgehead atoms. The zero-order chi connectivity index (χ0) is 34.3. The lowest BCUT2D eigenvalue weighted by atomic mass is 10.0. The topological polar surface area (TPSA) is 69.6 Å². The standard InChI is InChI=1S/C43H85NO3/c1-3-5-7-8-9-10-11-12-13-14-15-16-17-18-19-20-21-22-23-24-25-26-27-28-29-30-31-32-33-34-35-36-37-38-42(46)41(40-45)44-43(47)39-6-4-2/h37-38,41-42,45-46H,3-36,39-40H2,1-2H3,(H,44,47)/b38-37+. The van der Waals surface area contributed by atoms with Crippen LogP contribution in [0.25, 0.3) is 0 Å². The van der Waals surface area contributed by atoms with Gasteiger partial charge in [-0.25, -0.2) is 0 Å². The number of aliphatic hydroxyl groups excluding tert-OH is 2. The molecule has 47 heavy (non-hydrogen) atoms. The van der Waals surface area contributed by atoms with E-state index in [0.717, 1.165) is 25.7 Å². The lowest BCUT2D eigenvalue weighted by Crippen LogP contribution is -2.45. The first kappa shape index (κ1) is 46.1. The summed E-state index contributed by atoms with van der Waals surface area (Å²) in [6.07, 6.45) is 50.1. The number of nitrogens with one attached hydrogen (secondary N) is 1. The number of rotatable bonds is 39. The number of aliphatic hydroxyl groups is 2. The minimum Gasteiger partial charge on any atom is -0.394 e. The summed E-state index contributed by atoms with van der Waals surface area (Å²) in [6.45, 7) is 4.10. The van der Waals surface area contributed by atoms with Crippen LogP contribution in [0.3, 0.4) is 0 Å². The van der Waals surface area contributed by atoms with Gasteiger partial charge in [0.1, 0.15) is 0 Å². The van der Waals surface area contributed by atoms with Gasteiger partial charge in [0.15, 0.2) is 0 Å². The molecule has 0 spiro atoms. The van der Waals surface area contributed by atoms with E-state index in [2.05, 4.69) is 12.2 Å². The predicted octanol–water partition coefficient (Wildman–Crippen LogP) is 13.1. The Morgan fingerprint density at radius 1 is 0.489 bits per heavy atom. The van der Waals surface area contributed by atoms with Crippen LogP contribution in [0.1, 0.15) is 239 Å². The Kier molecular flexibility index (Phi) is 38.8. The fourth-order valence-electron chi connectivity index (χ4n) is 6.69. The zero-order valence-corrected chi connectivity index (χ0v) is 32.1. The number of allylic oxidation sites excluding steroid dienone is 1. The molecule has 2 atom stereocenters. The highest BCUT2D eigenvalue weighted by atomic mass is 16.3. The first-order chi connectivity index (χ1) is 23.2. The van der Waals surface area contributed by atoms with Crippen molar-refractivity contribution in [3.63, 3.8) is 0 Å². The van der Waals surface area contributed by atoms with Crippen LogP contribution in [0, 0.1) is 0 Å². The third kappa shape index (κ3) is 36.2. The van der Waals surface area contributed by atoms with Gasteiger partial charge in [-0.1, -0.05) is 225 Å². The Labute approximate surface area is 295 Å². The van der Waals surface area contributed by atoms with Crippen LogP contribution in [0.15, 0.2) is 12.2 Å². The number of carbonyl (C=O) groups is 1. The van der Waals surface area contributed by atoms with E-state index in [1.807, 2.05) is 13.0 Å². The van der Waals surface area contributed by atoms with Crippen molar-refractivity contribution in [3.05, 3.63) is 12.2 Å². The fourth-order valence-corrected chi connectivity index (χ4v) is 6.69. The molecular formula is C43H85NO3. The molecule has 0 radical (unpaired) electrons. The largest absolute Gasteiger partial charge is 0.394 e. The number of unbranched alkanes of at least 4 members (excludes halogenated alkanes) is 32. The summed E-state index contributed by atoms with van der Waals surface area (Å²) >= 11 is 0. The second-order valence-electron chi connectivity index (χ2n) is 14.8. The SMILES string of the molecule is CCCCCCCCCCCCCCCCCCCCCCCCCCCCCCCCC/C=C/C(O)C(CO)NC(=O)CCCC. The maximum Gasteiger partial charge on any atom is 0.220 e. The van der Waals surface area contributed by atoms with Crippen LogP contribution in [0.4, 0.5) is 0 Å². The Morgan fingerprint density at radius 3 is 1.09 bits per heavy atom. The van der Waals surface area contributed by atoms with E-state index in [9.17, 15) is 15.0 Å². The van der Waals surface area contributed by atoms with Gasteiger partial charge in [-0.3, -0.25) is 4.79 Å². The average molecular weight is 664 g/mol. The van der Waals surface area contributed by atoms with Gasteiger partial charge >= 0.3 is 0 Å². The predicted molar refractivity (Wildman–Crippen MR) is 207 cm³/mol. The van der Waals surface area contributed by atoms with E-state index in [0.29, 0.717) is 6.42 Å².